The summed E-state index contributed by atoms with van der Waals surface area (Å²) < 4.78 is 11.2. The Bertz CT molecular complexity index is 1100. The zero-order valence-corrected chi connectivity index (χ0v) is 21.5. The van der Waals surface area contributed by atoms with Crippen LogP contribution in [-0.2, 0) is 16.1 Å². The topological polar surface area (TPSA) is 149 Å². The minimum Gasteiger partial charge on any atom is -0.493 e. The molecule has 10 nitrogen and oxygen atoms in total. The normalized spacial score (nSPS) is 12.3. The number of hydrogen-bond donors (Lipinski definition) is 4. The van der Waals surface area contributed by atoms with E-state index >= 15 is 0 Å². The SMILES string of the molecule is C=C(/N=C(\ON)c1cc(C)nc(CC(C)C)c1)c1cc(C)c(OCC(O)CNC(=O)CO)c(OC)c1. The maximum Gasteiger partial charge on any atom is 0.245 e. The van der Waals surface area contributed by atoms with Crippen LogP contribution in [0.25, 0.3) is 5.70 Å². The van der Waals surface area contributed by atoms with Crippen LogP contribution < -0.4 is 20.7 Å². The summed E-state index contributed by atoms with van der Waals surface area (Å²) >= 11 is 0. The summed E-state index contributed by atoms with van der Waals surface area (Å²) in [6.45, 7) is 11.2. The fourth-order valence-electron chi connectivity index (χ4n) is 3.50. The first-order chi connectivity index (χ1) is 17.1. The number of rotatable bonds is 12. The van der Waals surface area contributed by atoms with Crippen LogP contribution in [0.5, 0.6) is 11.5 Å². The molecule has 0 aliphatic carbocycles. The Morgan fingerprint density at radius 3 is 2.56 bits per heavy atom. The number of nitrogens with two attached hydrogens (primary N) is 1. The average molecular weight is 501 g/mol. The summed E-state index contributed by atoms with van der Waals surface area (Å²) in [7, 11) is 1.50. The molecule has 1 amide bonds. The predicted molar refractivity (Wildman–Crippen MR) is 138 cm³/mol. The van der Waals surface area contributed by atoms with Gasteiger partial charge in [-0.2, -0.15) is 5.90 Å². The largest absolute Gasteiger partial charge is 0.493 e. The number of amides is 1. The van der Waals surface area contributed by atoms with Gasteiger partial charge in [-0.3, -0.25) is 9.78 Å². The molecular weight excluding hydrogens is 464 g/mol. The number of ether oxygens (including phenoxy) is 2. The maximum absolute atomic E-state index is 11.1. The molecule has 1 aromatic heterocycles. The minimum atomic E-state index is -0.975. The predicted octanol–water partition coefficient (Wildman–Crippen LogP) is 2.06. The lowest BCUT2D eigenvalue weighted by molar-refractivity contribution is -0.124. The molecule has 5 N–H and O–H groups in total. The Labute approximate surface area is 211 Å². The van der Waals surface area contributed by atoms with Crippen molar-refractivity contribution in [3.8, 4) is 11.5 Å². The Morgan fingerprint density at radius 1 is 1.22 bits per heavy atom. The molecule has 0 saturated heterocycles. The van der Waals surface area contributed by atoms with E-state index in [1.54, 1.807) is 6.07 Å². The molecule has 0 aliphatic heterocycles. The highest BCUT2D eigenvalue weighted by molar-refractivity contribution is 5.97. The molecule has 1 heterocycles. The van der Waals surface area contributed by atoms with Crippen molar-refractivity contribution in [3.05, 3.63) is 58.9 Å². The van der Waals surface area contributed by atoms with Crippen molar-refractivity contribution in [2.24, 2.45) is 16.8 Å². The van der Waals surface area contributed by atoms with Crippen molar-refractivity contribution in [2.75, 3.05) is 26.9 Å². The van der Waals surface area contributed by atoms with Gasteiger partial charge >= 0.3 is 0 Å². The van der Waals surface area contributed by atoms with Gasteiger partial charge in [0.2, 0.25) is 11.8 Å². The number of aliphatic imine (C=N–C) groups is 1. The quantitative estimate of drug-likeness (QED) is 0.197. The van der Waals surface area contributed by atoms with Crippen LogP contribution in [0, 0.1) is 19.8 Å². The molecule has 2 rings (SSSR count). The first-order valence-corrected chi connectivity index (χ1v) is 11.6. The van der Waals surface area contributed by atoms with Crippen LogP contribution in [0.3, 0.4) is 0 Å². The zero-order chi connectivity index (χ0) is 26.8. The first kappa shape index (κ1) is 28.8. The van der Waals surface area contributed by atoms with Crippen molar-refractivity contribution >= 4 is 17.5 Å². The summed E-state index contributed by atoms with van der Waals surface area (Å²) in [6.07, 6.45) is -0.161. The molecule has 0 radical (unpaired) electrons. The monoisotopic (exact) mass is 500 g/mol. The highest BCUT2D eigenvalue weighted by Crippen LogP contribution is 2.35. The fraction of sp³-hybridized carbons (Fsp3) is 0.423. The molecule has 36 heavy (non-hydrogen) atoms. The smallest absolute Gasteiger partial charge is 0.245 e. The molecule has 10 heteroatoms. The molecule has 0 aliphatic rings. The van der Waals surface area contributed by atoms with Crippen LogP contribution >= 0.6 is 0 Å². The molecule has 2 aromatic rings. The Balaban J connectivity index is 2.25. The van der Waals surface area contributed by atoms with Gasteiger partial charge in [-0.25, -0.2) is 4.99 Å². The van der Waals surface area contributed by atoms with E-state index in [4.69, 9.17) is 25.3 Å². The van der Waals surface area contributed by atoms with Crippen LogP contribution in [0.2, 0.25) is 0 Å². The van der Waals surface area contributed by atoms with E-state index in [-0.39, 0.29) is 19.0 Å². The standard InChI is InChI=1S/C26H36N4O6/c1-15(2)7-21-10-20(9-17(4)29-21)26(36-27)30-18(5)19-8-16(3)25(23(11-19)34-6)35-14-22(32)12-28-24(33)13-31/h8-11,15,22,31-32H,5,7,12-14,27H2,1-4,6H3,(H,28,33)/b30-26-. The van der Waals surface area contributed by atoms with Gasteiger partial charge in [-0.1, -0.05) is 20.4 Å². The van der Waals surface area contributed by atoms with Gasteiger partial charge in [0.15, 0.2) is 11.5 Å². The molecule has 0 saturated carbocycles. The second-order valence-electron chi connectivity index (χ2n) is 8.82. The number of aryl methyl sites for hydroxylation is 2. The van der Waals surface area contributed by atoms with Gasteiger partial charge in [0.1, 0.15) is 19.3 Å². The van der Waals surface area contributed by atoms with Gasteiger partial charge in [0.05, 0.1) is 12.8 Å². The van der Waals surface area contributed by atoms with E-state index < -0.39 is 18.6 Å². The third-order valence-corrected chi connectivity index (χ3v) is 5.11. The number of nitrogens with one attached hydrogen (secondary N) is 1. The molecule has 0 bridgehead atoms. The lowest BCUT2D eigenvalue weighted by Crippen LogP contribution is -2.36. The van der Waals surface area contributed by atoms with E-state index in [1.807, 2.05) is 32.0 Å². The minimum absolute atomic E-state index is 0.0560. The zero-order valence-electron chi connectivity index (χ0n) is 21.5. The Hall–Kier alpha value is -3.47. The molecule has 0 fully saturated rings. The number of nitrogens with zero attached hydrogens (tertiary/aromatic N) is 2. The number of pyridine rings is 1. The third kappa shape index (κ3) is 8.33. The summed E-state index contributed by atoms with van der Waals surface area (Å²) in [6, 6.07) is 7.28. The van der Waals surface area contributed by atoms with E-state index in [2.05, 4.69) is 35.7 Å². The van der Waals surface area contributed by atoms with Gasteiger partial charge in [0.25, 0.3) is 0 Å². The average Bonchev–Trinajstić information content (AvgIpc) is 2.83. The third-order valence-electron chi connectivity index (χ3n) is 5.11. The maximum atomic E-state index is 11.1. The van der Waals surface area contributed by atoms with Crippen LogP contribution in [0.4, 0.5) is 0 Å². The van der Waals surface area contributed by atoms with Gasteiger partial charge in [-0.05, 0) is 56.0 Å². The molecular formula is C26H36N4O6. The van der Waals surface area contributed by atoms with Crippen LogP contribution in [-0.4, -0.2) is 60.0 Å². The van der Waals surface area contributed by atoms with Crippen molar-refractivity contribution < 1.29 is 29.3 Å². The number of carbonyl (C=O) groups is 1. The van der Waals surface area contributed by atoms with Crippen LogP contribution in [0.15, 0.2) is 35.8 Å². The van der Waals surface area contributed by atoms with E-state index in [1.165, 1.54) is 7.11 Å². The highest BCUT2D eigenvalue weighted by Gasteiger charge is 2.16. The number of benzene rings is 1. The van der Waals surface area contributed by atoms with Gasteiger partial charge < -0.3 is 29.8 Å². The second-order valence-corrected chi connectivity index (χ2v) is 8.82. The first-order valence-electron chi connectivity index (χ1n) is 11.6. The Morgan fingerprint density at radius 2 is 1.94 bits per heavy atom. The number of methoxy groups -OCH3 is 1. The lowest BCUT2D eigenvalue weighted by Gasteiger charge is -2.18. The molecule has 1 unspecified atom stereocenters. The fourth-order valence-corrected chi connectivity index (χ4v) is 3.50. The molecule has 1 atom stereocenters. The molecule has 196 valence electrons. The number of aromatic nitrogens is 1. The van der Waals surface area contributed by atoms with E-state index in [9.17, 15) is 9.90 Å². The summed E-state index contributed by atoms with van der Waals surface area (Å²) in [5.74, 6) is 6.49. The lowest BCUT2D eigenvalue weighted by atomic mass is 10.0. The van der Waals surface area contributed by atoms with Crippen molar-refractivity contribution in [1.82, 2.24) is 10.3 Å². The summed E-state index contributed by atoms with van der Waals surface area (Å²) in [4.78, 5) is 25.3. The molecule has 1 aromatic carbocycles. The van der Waals surface area contributed by atoms with E-state index in [0.29, 0.717) is 34.2 Å². The number of aliphatic hydroxyl groups is 2. The second kappa shape index (κ2) is 13.6. The van der Waals surface area contributed by atoms with E-state index in [0.717, 1.165) is 23.4 Å². The van der Waals surface area contributed by atoms with Crippen molar-refractivity contribution in [2.45, 2.75) is 40.2 Å². The van der Waals surface area contributed by atoms with Crippen LogP contribution in [0.1, 0.15) is 41.9 Å². The van der Waals surface area contributed by atoms with Crippen molar-refractivity contribution in [3.63, 3.8) is 0 Å². The highest BCUT2D eigenvalue weighted by atomic mass is 16.6. The number of aliphatic hydroxyl groups excluding tert-OH is 2. The van der Waals surface area contributed by atoms with Gasteiger partial charge in [-0.15, -0.1) is 0 Å². The summed E-state index contributed by atoms with van der Waals surface area (Å²) in [5, 5.41) is 21.2. The Kier molecular flexibility index (Phi) is 10.8. The summed E-state index contributed by atoms with van der Waals surface area (Å²) in [5.41, 5.74) is 4.24. The molecule has 0 spiro atoms. The number of hydrogen-bond acceptors (Lipinski definition) is 9. The van der Waals surface area contributed by atoms with Crippen molar-refractivity contribution in [1.29, 1.82) is 0 Å². The number of carbonyl (C=O) groups excluding carboxylic acids is 1. The van der Waals surface area contributed by atoms with Gasteiger partial charge in [0, 0.05) is 29.1 Å².